The number of aliphatic hydroxyl groups is 1. The Hall–Kier alpha value is -0.410. The van der Waals surface area contributed by atoms with Gasteiger partial charge in [0.1, 0.15) is 4.60 Å². The molecule has 0 bridgehead atoms. The average molecular weight is 230 g/mol. The molecule has 0 saturated carbocycles. The quantitative estimate of drug-likeness (QED) is 0.808. The van der Waals surface area contributed by atoms with Gasteiger partial charge < -0.3 is 5.11 Å². The van der Waals surface area contributed by atoms with Gasteiger partial charge in [-0.05, 0) is 34.5 Å². The van der Waals surface area contributed by atoms with Gasteiger partial charge >= 0.3 is 0 Å². The highest BCUT2D eigenvalue weighted by atomic mass is 79.9. The Labute approximate surface area is 80.8 Å². The molecule has 0 radical (unpaired) electrons. The van der Waals surface area contributed by atoms with Crippen LogP contribution in [0.2, 0.25) is 0 Å². The number of aliphatic hydroxyl groups excluding tert-OH is 1. The number of aromatic nitrogens is 1. The van der Waals surface area contributed by atoms with Gasteiger partial charge in [0.15, 0.2) is 0 Å². The van der Waals surface area contributed by atoms with Gasteiger partial charge in [0, 0.05) is 11.6 Å². The molecule has 1 aromatic heterocycles. The number of hydrogen-bond acceptors (Lipinski definition) is 2. The molecule has 1 N–H and O–H groups in total. The molecule has 1 rings (SSSR count). The van der Waals surface area contributed by atoms with Crippen LogP contribution in [-0.4, -0.2) is 16.7 Å². The van der Waals surface area contributed by atoms with Gasteiger partial charge in [0.05, 0.1) is 6.61 Å². The topological polar surface area (TPSA) is 33.1 Å². The summed E-state index contributed by atoms with van der Waals surface area (Å²) < 4.78 is 0.826. The predicted molar refractivity (Wildman–Crippen MR) is 52.1 cm³/mol. The molecule has 0 fully saturated rings. The SMILES string of the molecule is CCC(CO)c1cccc(Br)n1. The number of halogens is 1. The van der Waals surface area contributed by atoms with Crippen LogP contribution in [-0.2, 0) is 0 Å². The normalized spacial score (nSPS) is 12.9. The molecular weight excluding hydrogens is 218 g/mol. The van der Waals surface area contributed by atoms with E-state index in [-0.39, 0.29) is 12.5 Å². The van der Waals surface area contributed by atoms with E-state index in [0.29, 0.717) is 0 Å². The van der Waals surface area contributed by atoms with E-state index in [1.165, 1.54) is 0 Å². The predicted octanol–water partition coefficient (Wildman–Crippen LogP) is 2.33. The largest absolute Gasteiger partial charge is 0.396 e. The van der Waals surface area contributed by atoms with Gasteiger partial charge in [-0.3, -0.25) is 0 Å². The molecule has 0 spiro atoms. The van der Waals surface area contributed by atoms with Crippen LogP contribution in [0.4, 0.5) is 0 Å². The fourth-order valence-corrected chi connectivity index (χ4v) is 1.44. The lowest BCUT2D eigenvalue weighted by Crippen LogP contribution is -2.04. The van der Waals surface area contributed by atoms with Crippen LogP contribution in [0.15, 0.2) is 22.8 Å². The first-order valence-electron chi connectivity index (χ1n) is 4.01. The Morgan fingerprint density at radius 1 is 1.58 bits per heavy atom. The Bertz CT molecular complexity index is 248. The van der Waals surface area contributed by atoms with E-state index < -0.39 is 0 Å². The van der Waals surface area contributed by atoms with Crippen molar-refractivity contribution >= 4 is 15.9 Å². The first-order valence-corrected chi connectivity index (χ1v) is 4.80. The lowest BCUT2D eigenvalue weighted by molar-refractivity contribution is 0.260. The highest BCUT2D eigenvalue weighted by molar-refractivity contribution is 9.10. The van der Waals surface area contributed by atoms with Crippen LogP contribution in [0.1, 0.15) is 25.0 Å². The maximum absolute atomic E-state index is 9.02. The summed E-state index contributed by atoms with van der Waals surface area (Å²) in [6.45, 7) is 2.21. The maximum atomic E-state index is 9.02. The zero-order valence-electron chi connectivity index (χ0n) is 7.00. The van der Waals surface area contributed by atoms with Crippen LogP contribution in [0, 0.1) is 0 Å². The van der Waals surface area contributed by atoms with E-state index in [1.807, 2.05) is 25.1 Å². The molecule has 1 atom stereocenters. The summed E-state index contributed by atoms with van der Waals surface area (Å²) in [5.74, 6) is 0.169. The molecule has 0 amide bonds. The van der Waals surface area contributed by atoms with Crippen molar-refractivity contribution in [3.63, 3.8) is 0 Å². The Morgan fingerprint density at radius 3 is 2.83 bits per heavy atom. The van der Waals surface area contributed by atoms with Gasteiger partial charge in [-0.2, -0.15) is 0 Å². The summed E-state index contributed by atoms with van der Waals surface area (Å²) in [6.07, 6.45) is 0.917. The number of hydrogen-bond donors (Lipinski definition) is 1. The molecule has 0 aromatic carbocycles. The third-order valence-corrected chi connectivity index (χ3v) is 2.31. The molecule has 1 unspecified atom stereocenters. The zero-order valence-corrected chi connectivity index (χ0v) is 8.58. The maximum Gasteiger partial charge on any atom is 0.106 e. The second-order valence-electron chi connectivity index (χ2n) is 2.67. The fourth-order valence-electron chi connectivity index (χ4n) is 1.08. The minimum atomic E-state index is 0.167. The van der Waals surface area contributed by atoms with Gasteiger partial charge in [-0.25, -0.2) is 4.98 Å². The second-order valence-corrected chi connectivity index (χ2v) is 3.49. The van der Waals surface area contributed by atoms with E-state index in [4.69, 9.17) is 5.11 Å². The first-order chi connectivity index (χ1) is 5.77. The van der Waals surface area contributed by atoms with Gasteiger partial charge in [0.2, 0.25) is 0 Å². The lowest BCUT2D eigenvalue weighted by atomic mass is 10.0. The minimum Gasteiger partial charge on any atom is -0.396 e. The number of nitrogens with zero attached hydrogens (tertiary/aromatic N) is 1. The average Bonchev–Trinajstić information content (AvgIpc) is 2.07. The lowest BCUT2D eigenvalue weighted by Gasteiger charge is -2.10. The van der Waals surface area contributed by atoms with Crippen molar-refractivity contribution in [2.75, 3.05) is 6.61 Å². The van der Waals surface area contributed by atoms with Gasteiger partial charge in [0.25, 0.3) is 0 Å². The fraction of sp³-hybridized carbons (Fsp3) is 0.444. The van der Waals surface area contributed by atoms with E-state index in [2.05, 4.69) is 20.9 Å². The van der Waals surface area contributed by atoms with Crippen molar-refractivity contribution < 1.29 is 5.11 Å². The van der Waals surface area contributed by atoms with Crippen molar-refractivity contribution in [3.8, 4) is 0 Å². The highest BCUT2D eigenvalue weighted by Crippen LogP contribution is 2.18. The molecular formula is C9H12BrNO. The van der Waals surface area contributed by atoms with Crippen molar-refractivity contribution in [1.82, 2.24) is 4.98 Å². The highest BCUT2D eigenvalue weighted by Gasteiger charge is 2.08. The third kappa shape index (κ3) is 2.29. The molecule has 1 aromatic rings. The smallest absolute Gasteiger partial charge is 0.106 e. The summed E-state index contributed by atoms with van der Waals surface area (Å²) in [4.78, 5) is 4.27. The first kappa shape index (κ1) is 9.68. The Balaban J connectivity index is 2.85. The molecule has 1 heterocycles. The molecule has 2 nitrogen and oxygen atoms in total. The van der Waals surface area contributed by atoms with E-state index in [1.54, 1.807) is 0 Å². The van der Waals surface area contributed by atoms with Crippen molar-refractivity contribution in [2.24, 2.45) is 0 Å². The third-order valence-electron chi connectivity index (χ3n) is 1.87. The molecule has 0 aliphatic rings. The molecule has 0 aliphatic heterocycles. The molecule has 0 aliphatic carbocycles. The van der Waals surface area contributed by atoms with Crippen LogP contribution in [0.25, 0.3) is 0 Å². The van der Waals surface area contributed by atoms with Crippen molar-refractivity contribution in [3.05, 3.63) is 28.5 Å². The monoisotopic (exact) mass is 229 g/mol. The summed E-state index contributed by atoms with van der Waals surface area (Å²) in [7, 11) is 0. The zero-order chi connectivity index (χ0) is 8.97. The van der Waals surface area contributed by atoms with E-state index in [9.17, 15) is 0 Å². The molecule has 12 heavy (non-hydrogen) atoms. The summed E-state index contributed by atoms with van der Waals surface area (Å²) in [6, 6.07) is 5.76. The molecule has 3 heteroatoms. The van der Waals surface area contributed by atoms with Crippen molar-refractivity contribution in [1.29, 1.82) is 0 Å². The number of pyridine rings is 1. The van der Waals surface area contributed by atoms with Crippen molar-refractivity contribution in [2.45, 2.75) is 19.3 Å². The summed E-state index contributed by atoms with van der Waals surface area (Å²) in [5.41, 5.74) is 0.953. The molecule has 0 saturated heterocycles. The van der Waals surface area contributed by atoms with E-state index >= 15 is 0 Å². The van der Waals surface area contributed by atoms with E-state index in [0.717, 1.165) is 16.7 Å². The summed E-state index contributed by atoms with van der Waals surface area (Å²) in [5, 5.41) is 9.02. The van der Waals surface area contributed by atoms with Gasteiger partial charge in [-0.1, -0.05) is 13.0 Å². The molecule has 66 valence electrons. The summed E-state index contributed by atoms with van der Waals surface area (Å²) >= 11 is 3.30. The van der Waals surface area contributed by atoms with Crippen LogP contribution in [0.5, 0.6) is 0 Å². The second kappa shape index (κ2) is 4.58. The standard InChI is InChI=1S/C9H12BrNO/c1-2-7(6-12)8-4-3-5-9(10)11-8/h3-5,7,12H,2,6H2,1H3. The Kier molecular flexibility index (Phi) is 3.69. The van der Waals surface area contributed by atoms with Gasteiger partial charge in [-0.15, -0.1) is 0 Å². The number of rotatable bonds is 3. The van der Waals surface area contributed by atoms with Crippen LogP contribution >= 0.6 is 15.9 Å². The van der Waals surface area contributed by atoms with Crippen LogP contribution in [0.3, 0.4) is 0 Å². The minimum absolute atomic E-state index is 0.167. The Morgan fingerprint density at radius 2 is 2.33 bits per heavy atom. The van der Waals surface area contributed by atoms with Crippen LogP contribution < -0.4 is 0 Å².